The number of ether oxygens (including phenoxy) is 2. The molecule has 0 aliphatic carbocycles. The van der Waals surface area contributed by atoms with E-state index >= 15 is 0 Å². The van der Waals surface area contributed by atoms with Gasteiger partial charge in [0.2, 0.25) is 5.91 Å². The second kappa shape index (κ2) is 8.06. The second-order valence-corrected chi connectivity index (χ2v) is 6.09. The lowest BCUT2D eigenvalue weighted by Gasteiger charge is -2.20. The number of nitrogens with one attached hydrogen (secondary N) is 1. The van der Waals surface area contributed by atoms with Crippen LogP contribution in [0, 0.1) is 0 Å². The summed E-state index contributed by atoms with van der Waals surface area (Å²) in [6, 6.07) is 13.8. The summed E-state index contributed by atoms with van der Waals surface area (Å²) in [5.74, 6) is 1.35. The molecule has 0 fully saturated rings. The highest BCUT2D eigenvalue weighted by molar-refractivity contribution is 6.32. The largest absolute Gasteiger partial charge is 0.486 e. The maximum atomic E-state index is 11.9. The van der Waals surface area contributed by atoms with Crippen LogP contribution in [0.15, 0.2) is 42.5 Å². The average molecular weight is 346 g/mol. The van der Waals surface area contributed by atoms with Crippen molar-refractivity contribution in [1.82, 2.24) is 5.32 Å². The number of hydrogen-bond acceptors (Lipinski definition) is 3. The first kappa shape index (κ1) is 16.7. The first-order valence-electron chi connectivity index (χ1n) is 8.11. The Labute approximate surface area is 146 Å². The summed E-state index contributed by atoms with van der Waals surface area (Å²) in [5, 5.41) is 3.50. The van der Waals surface area contributed by atoms with E-state index in [1.54, 1.807) is 0 Å². The van der Waals surface area contributed by atoms with Crippen LogP contribution in [-0.2, 0) is 17.6 Å². The number of aryl methyl sites for hydroxylation is 1. The van der Waals surface area contributed by atoms with Crippen LogP contribution in [0.4, 0.5) is 0 Å². The van der Waals surface area contributed by atoms with Crippen molar-refractivity contribution in [3.63, 3.8) is 0 Å². The van der Waals surface area contributed by atoms with Gasteiger partial charge in [-0.2, -0.15) is 0 Å². The fourth-order valence-electron chi connectivity index (χ4n) is 2.65. The third-order valence-corrected chi connectivity index (χ3v) is 4.16. The predicted molar refractivity (Wildman–Crippen MR) is 93.9 cm³/mol. The van der Waals surface area contributed by atoms with E-state index in [4.69, 9.17) is 21.1 Å². The van der Waals surface area contributed by atoms with E-state index in [-0.39, 0.29) is 5.91 Å². The summed E-state index contributed by atoms with van der Waals surface area (Å²) < 4.78 is 11.1. The van der Waals surface area contributed by atoms with Gasteiger partial charge in [-0.3, -0.25) is 4.79 Å². The molecule has 3 rings (SSSR count). The molecule has 1 aliphatic heterocycles. The predicted octanol–water partition coefficient (Wildman–Crippen LogP) is 3.40. The van der Waals surface area contributed by atoms with Crippen LogP contribution >= 0.6 is 11.6 Å². The SMILES string of the molecule is O=C(CCc1ccccc1)NCCc1cc(Cl)c2c(c1)OCCO2. The number of fused-ring (bicyclic) bond motifs is 1. The lowest BCUT2D eigenvalue weighted by molar-refractivity contribution is -0.121. The zero-order valence-corrected chi connectivity index (χ0v) is 14.1. The normalized spacial score (nSPS) is 12.7. The molecule has 1 aliphatic rings. The van der Waals surface area contributed by atoms with Crippen molar-refractivity contribution in [2.75, 3.05) is 19.8 Å². The Kier molecular flexibility index (Phi) is 5.59. The fraction of sp³-hybridized carbons (Fsp3) is 0.316. The highest BCUT2D eigenvalue weighted by atomic mass is 35.5. The smallest absolute Gasteiger partial charge is 0.220 e. The molecule has 24 heavy (non-hydrogen) atoms. The summed E-state index contributed by atoms with van der Waals surface area (Å²) in [6.45, 7) is 1.62. The first-order chi connectivity index (χ1) is 11.7. The minimum atomic E-state index is 0.0579. The molecule has 0 saturated heterocycles. The van der Waals surface area contributed by atoms with Gasteiger partial charge in [-0.25, -0.2) is 0 Å². The van der Waals surface area contributed by atoms with Crippen LogP contribution in [0.5, 0.6) is 11.5 Å². The summed E-state index contributed by atoms with van der Waals surface area (Å²) in [7, 11) is 0. The van der Waals surface area contributed by atoms with Crippen molar-refractivity contribution in [1.29, 1.82) is 0 Å². The molecule has 1 N–H and O–H groups in total. The van der Waals surface area contributed by atoms with Crippen molar-refractivity contribution in [3.8, 4) is 11.5 Å². The summed E-state index contributed by atoms with van der Waals surface area (Å²) in [6.07, 6.45) is 1.95. The summed E-state index contributed by atoms with van der Waals surface area (Å²) in [5.41, 5.74) is 2.19. The number of carbonyl (C=O) groups excluding carboxylic acids is 1. The summed E-state index contributed by atoms with van der Waals surface area (Å²) in [4.78, 5) is 11.9. The van der Waals surface area contributed by atoms with Crippen molar-refractivity contribution < 1.29 is 14.3 Å². The highest BCUT2D eigenvalue weighted by Crippen LogP contribution is 2.38. The molecule has 0 unspecified atom stereocenters. The number of hydrogen-bond donors (Lipinski definition) is 1. The Morgan fingerprint density at radius 1 is 1.04 bits per heavy atom. The van der Waals surface area contributed by atoms with Crippen LogP contribution in [0.1, 0.15) is 17.5 Å². The average Bonchev–Trinajstić information content (AvgIpc) is 2.61. The molecule has 2 aromatic rings. The lowest BCUT2D eigenvalue weighted by Crippen LogP contribution is -2.26. The van der Waals surface area contributed by atoms with Gasteiger partial charge in [0.25, 0.3) is 0 Å². The highest BCUT2D eigenvalue weighted by Gasteiger charge is 2.16. The van der Waals surface area contributed by atoms with E-state index in [1.165, 1.54) is 5.56 Å². The molecular weight excluding hydrogens is 326 g/mol. The summed E-state index contributed by atoms with van der Waals surface area (Å²) >= 11 is 6.21. The quantitative estimate of drug-likeness (QED) is 0.872. The first-order valence-corrected chi connectivity index (χ1v) is 8.49. The van der Waals surface area contributed by atoms with Gasteiger partial charge in [-0.1, -0.05) is 41.9 Å². The molecular formula is C19H20ClNO3. The van der Waals surface area contributed by atoms with Crippen molar-refractivity contribution in [2.45, 2.75) is 19.3 Å². The van der Waals surface area contributed by atoms with Crippen LogP contribution < -0.4 is 14.8 Å². The molecule has 0 bridgehead atoms. The van der Waals surface area contributed by atoms with Gasteiger partial charge in [-0.05, 0) is 36.1 Å². The standard InChI is InChI=1S/C19H20ClNO3/c20-16-12-15(13-17-19(16)24-11-10-23-17)8-9-21-18(22)7-6-14-4-2-1-3-5-14/h1-5,12-13H,6-11H2,(H,21,22). The minimum absolute atomic E-state index is 0.0579. The number of rotatable bonds is 6. The van der Waals surface area contributed by atoms with Gasteiger partial charge in [0, 0.05) is 13.0 Å². The minimum Gasteiger partial charge on any atom is -0.486 e. The molecule has 0 saturated carbocycles. The number of halogens is 1. The van der Waals surface area contributed by atoms with E-state index in [1.807, 2.05) is 42.5 Å². The number of amides is 1. The number of benzene rings is 2. The Morgan fingerprint density at radius 3 is 2.67 bits per heavy atom. The van der Waals surface area contributed by atoms with E-state index in [0.717, 1.165) is 12.0 Å². The third kappa shape index (κ3) is 4.42. The Bertz CT molecular complexity index is 703. The Morgan fingerprint density at radius 2 is 1.83 bits per heavy atom. The molecule has 0 radical (unpaired) electrons. The molecule has 5 heteroatoms. The van der Waals surface area contributed by atoms with E-state index in [2.05, 4.69) is 5.32 Å². The van der Waals surface area contributed by atoms with E-state index < -0.39 is 0 Å². The Balaban J connectivity index is 1.46. The fourth-order valence-corrected chi connectivity index (χ4v) is 2.93. The van der Waals surface area contributed by atoms with Crippen molar-refractivity contribution >= 4 is 17.5 Å². The van der Waals surface area contributed by atoms with Crippen molar-refractivity contribution in [3.05, 3.63) is 58.6 Å². The van der Waals surface area contributed by atoms with Gasteiger partial charge in [0.15, 0.2) is 11.5 Å². The monoisotopic (exact) mass is 345 g/mol. The van der Waals surface area contributed by atoms with Gasteiger partial charge < -0.3 is 14.8 Å². The zero-order chi connectivity index (χ0) is 16.8. The molecule has 1 amide bonds. The van der Waals surface area contributed by atoms with Crippen LogP contribution in [-0.4, -0.2) is 25.7 Å². The van der Waals surface area contributed by atoms with E-state index in [9.17, 15) is 4.79 Å². The molecule has 0 atom stereocenters. The lowest BCUT2D eigenvalue weighted by atomic mass is 10.1. The van der Waals surface area contributed by atoms with Crippen molar-refractivity contribution in [2.24, 2.45) is 0 Å². The van der Waals surface area contributed by atoms with E-state index in [0.29, 0.717) is 49.1 Å². The third-order valence-electron chi connectivity index (χ3n) is 3.88. The van der Waals surface area contributed by atoms with Crippen LogP contribution in [0.2, 0.25) is 5.02 Å². The molecule has 126 valence electrons. The molecule has 0 aromatic heterocycles. The van der Waals surface area contributed by atoms with Crippen LogP contribution in [0.3, 0.4) is 0 Å². The van der Waals surface area contributed by atoms with Gasteiger partial charge >= 0.3 is 0 Å². The van der Waals surface area contributed by atoms with Gasteiger partial charge in [0.1, 0.15) is 13.2 Å². The maximum Gasteiger partial charge on any atom is 0.220 e. The van der Waals surface area contributed by atoms with Crippen LogP contribution in [0.25, 0.3) is 0 Å². The zero-order valence-electron chi connectivity index (χ0n) is 13.4. The van der Waals surface area contributed by atoms with Gasteiger partial charge in [-0.15, -0.1) is 0 Å². The Hall–Kier alpha value is -2.20. The molecule has 2 aromatic carbocycles. The molecule has 4 nitrogen and oxygen atoms in total. The molecule has 1 heterocycles. The topological polar surface area (TPSA) is 47.6 Å². The molecule has 0 spiro atoms. The maximum absolute atomic E-state index is 11.9. The second-order valence-electron chi connectivity index (χ2n) is 5.69. The number of carbonyl (C=O) groups is 1. The van der Waals surface area contributed by atoms with Gasteiger partial charge in [0.05, 0.1) is 5.02 Å².